The summed E-state index contributed by atoms with van der Waals surface area (Å²) < 4.78 is 0. The molecule has 3 rings (SSSR count). The normalized spacial score (nSPS) is 23.9. The van der Waals surface area contributed by atoms with Gasteiger partial charge in [-0.25, -0.2) is 4.79 Å². The molecule has 1 unspecified atom stereocenters. The molecule has 1 saturated heterocycles. The largest absolute Gasteiger partial charge is 0.478 e. The van der Waals surface area contributed by atoms with E-state index in [0.29, 0.717) is 0 Å². The SMILES string of the molecule is O=C(O)c1cccc(CC(=O)N2CCCC3(CC=CCC3)C2)c1. The van der Waals surface area contributed by atoms with Crippen molar-refractivity contribution in [1.82, 2.24) is 4.90 Å². The highest BCUT2D eigenvalue weighted by Gasteiger charge is 2.36. The van der Waals surface area contributed by atoms with Gasteiger partial charge in [0.15, 0.2) is 0 Å². The van der Waals surface area contributed by atoms with E-state index in [1.807, 2.05) is 11.0 Å². The topological polar surface area (TPSA) is 57.6 Å². The van der Waals surface area contributed by atoms with Gasteiger partial charge in [-0.2, -0.15) is 0 Å². The van der Waals surface area contributed by atoms with E-state index in [9.17, 15) is 9.59 Å². The molecular formula is C19H23NO3. The van der Waals surface area contributed by atoms with Crippen LogP contribution in [-0.2, 0) is 11.2 Å². The Balaban J connectivity index is 1.67. The van der Waals surface area contributed by atoms with E-state index in [4.69, 9.17) is 5.11 Å². The van der Waals surface area contributed by atoms with Crippen molar-refractivity contribution in [2.45, 2.75) is 38.5 Å². The molecule has 0 bridgehead atoms. The summed E-state index contributed by atoms with van der Waals surface area (Å²) in [5, 5.41) is 9.06. The molecule has 0 radical (unpaired) electrons. The van der Waals surface area contributed by atoms with Gasteiger partial charge in [-0.05, 0) is 55.2 Å². The number of nitrogens with zero attached hydrogens (tertiary/aromatic N) is 1. The summed E-state index contributed by atoms with van der Waals surface area (Å²) in [4.78, 5) is 25.7. The van der Waals surface area contributed by atoms with Crippen molar-refractivity contribution in [3.05, 3.63) is 47.5 Å². The molecule has 122 valence electrons. The van der Waals surface area contributed by atoms with E-state index >= 15 is 0 Å². The standard InChI is InChI=1S/C19H23NO3/c21-17(13-15-6-4-7-16(12-15)18(22)23)20-11-5-10-19(14-20)8-2-1-3-9-19/h1-2,4,6-7,12H,3,5,8-11,13-14H2,(H,22,23). The number of carbonyl (C=O) groups excluding carboxylic acids is 1. The molecule has 0 aromatic heterocycles. The van der Waals surface area contributed by atoms with Crippen LogP contribution in [0.1, 0.15) is 48.0 Å². The Morgan fingerprint density at radius 1 is 1.22 bits per heavy atom. The smallest absolute Gasteiger partial charge is 0.335 e. The van der Waals surface area contributed by atoms with Crippen LogP contribution in [0.5, 0.6) is 0 Å². The molecule has 1 amide bonds. The molecule has 1 fully saturated rings. The van der Waals surface area contributed by atoms with E-state index in [0.717, 1.165) is 37.9 Å². The predicted molar refractivity (Wildman–Crippen MR) is 88.3 cm³/mol. The van der Waals surface area contributed by atoms with Crippen LogP contribution in [0.4, 0.5) is 0 Å². The summed E-state index contributed by atoms with van der Waals surface area (Å²) in [6.45, 7) is 1.66. The van der Waals surface area contributed by atoms with Gasteiger partial charge in [-0.1, -0.05) is 24.3 Å². The highest BCUT2D eigenvalue weighted by molar-refractivity contribution is 5.88. The lowest BCUT2D eigenvalue weighted by molar-refractivity contribution is -0.134. The fourth-order valence-corrected chi connectivity index (χ4v) is 3.83. The van der Waals surface area contributed by atoms with Crippen LogP contribution in [-0.4, -0.2) is 35.0 Å². The number of carboxylic acids is 1. The highest BCUT2D eigenvalue weighted by Crippen LogP contribution is 2.40. The second-order valence-corrected chi connectivity index (χ2v) is 6.82. The lowest BCUT2D eigenvalue weighted by atomic mass is 9.71. The first-order valence-corrected chi connectivity index (χ1v) is 8.33. The van der Waals surface area contributed by atoms with Gasteiger partial charge in [0.25, 0.3) is 0 Å². The maximum absolute atomic E-state index is 12.6. The monoisotopic (exact) mass is 313 g/mol. The Bertz CT molecular complexity index is 637. The lowest BCUT2D eigenvalue weighted by Gasteiger charge is -2.44. The number of carbonyl (C=O) groups is 2. The molecular weight excluding hydrogens is 290 g/mol. The minimum Gasteiger partial charge on any atom is -0.478 e. The minimum absolute atomic E-state index is 0.112. The van der Waals surface area contributed by atoms with Gasteiger partial charge >= 0.3 is 5.97 Å². The summed E-state index contributed by atoms with van der Waals surface area (Å²) in [6.07, 6.45) is 10.4. The summed E-state index contributed by atoms with van der Waals surface area (Å²) in [7, 11) is 0. The number of hydrogen-bond acceptors (Lipinski definition) is 2. The van der Waals surface area contributed by atoms with Crippen LogP contribution >= 0.6 is 0 Å². The second-order valence-electron chi connectivity index (χ2n) is 6.82. The molecule has 1 heterocycles. The van der Waals surface area contributed by atoms with Gasteiger partial charge in [0.1, 0.15) is 0 Å². The lowest BCUT2D eigenvalue weighted by Crippen LogP contribution is -2.47. The fraction of sp³-hybridized carbons (Fsp3) is 0.474. The predicted octanol–water partition coefficient (Wildman–Crippen LogP) is 3.28. The summed E-state index contributed by atoms with van der Waals surface area (Å²) in [6, 6.07) is 6.69. The number of aromatic carboxylic acids is 1. The van der Waals surface area contributed by atoms with Crippen LogP contribution in [0.15, 0.2) is 36.4 Å². The quantitative estimate of drug-likeness (QED) is 0.871. The van der Waals surface area contributed by atoms with Crippen LogP contribution < -0.4 is 0 Å². The number of amides is 1. The van der Waals surface area contributed by atoms with Gasteiger partial charge in [0, 0.05) is 13.1 Å². The van der Waals surface area contributed by atoms with Crippen molar-refractivity contribution in [2.24, 2.45) is 5.41 Å². The van der Waals surface area contributed by atoms with E-state index < -0.39 is 5.97 Å². The third kappa shape index (κ3) is 3.63. The molecule has 1 N–H and O–H groups in total. The van der Waals surface area contributed by atoms with Crippen LogP contribution in [0.25, 0.3) is 0 Å². The Hall–Kier alpha value is -2.10. The van der Waals surface area contributed by atoms with E-state index in [1.54, 1.807) is 18.2 Å². The Morgan fingerprint density at radius 3 is 2.83 bits per heavy atom. The first-order chi connectivity index (χ1) is 11.1. The maximum Gasteiger partial charge on any atom is 0.335 e. The molecule has 4 nitrogen and oxygen atoms in total. The summed E-state index contributed by atoms with van der Waals surface area (Å²) >= 11 is 0. The van der Waals surface area contributed by atoms with Gasteiger partial charge < -0.3 is 10.0 Å². The molecule has 2 aliphatic rings. The molecule has 1 aromatic carbocycles. The molecule has 1 aliphatic carbocycles. The van der Waals surface area contributed by atoms with E-state index in [1.165, 1.54) is 12.8 Å². The number of likely N-dealkylation sites (tertiary alicyclic amines) is 1. The van der Waals surface area contributed by atoms with Crippen molar-refractivity contribution < 1.29 is 14.7 Å². The third-order valence-corrected chi connectivity index (χ3v) is 5.10. The minimum atomic E-state index is -0.954. The average molecular weight is 313 g/mol. The zero-order chi connectivity index (χ0) is 16.3. The molecule has 1 aliphatic heterocycles. The van der Waals surface area contributed by atoms with Gasteiger partial charge in [-0.3, -0.25) is 4.79 Å². The number of carboxylic acid groups (broad SMARTS) is 1. The molecule has 1 spiro atoms. The average Bonchev–Trinajstić information content (AvgIpc) is 2.56. The Morgan fingerprint density at radius 2 is 2.09 bits per heavy atom. The van der Waals surface area contributed by atoms with Crippen LogP contribution in [0.3, 0.4) is 0 Å². The van der Waals surface area contributed by atoms with Crippen molar-refractivity contribution >= 4 is 11.9 Å². The van der Waals surface area contributed by atoms with E-state index in [2.05, 4.69) is 12.2 Å². The van der Waals surface area contributed by atoms with Crippen molar-refractivity contribution in [2.75, 3.05) is 13.1 Å². The third-order valence-electron chi connectivity index (χ3n) is 5.10. The zero-order valence-electron chi connectivity index (χ0n) is 13.3. The van der Waals surface area contributed by atoms with Crippen molar-refractivity contribution in [3.63, 3.8) is 0 Å². The fourth-order valence-electron chi connectivity index (χ4n) is 3.83. The molecule has 0 saturated carbocycles. The molecule has 1 aromatic rings. The van der Waals surface area contributed by atoms with Gasteiger partial charge in [0.05, 0.1) is 12.0 Å². The van der Waals surface area contributed by atoms with Crippen molar-refractivity contribution in [1.29, 1.82) is 0 Å². The number of allylic oxidation sites excluding steroid dienone is 2. The summed E-state index contributed by atoms with van der Waals surface area (Å²) in [5.41, 5.74) is 1.28. The Kier molecular flexibility index (Phi) is 4.51. The number of rotatable bonds is 3. The zero-order valence-corrected chi connectivity index (χ0v) is 13.3. The van der Waals surface area contributed by atoms with Crippen LogP contribution in [0.2, 0.25) is 0 Å². The first kappa shape index (κ1) is 15.8. The number of piperidine rings is 1. The molecule has 4 heteroatoms. The number of hydrogen-bond donors (Lipinski definition) is 1. The van der Waals surface area contributed by atoms with Gasteiger partial charge in [-0.15, -0.1) is 0 Å². The maximum atomic E-state index is 12.6. The number of benzene rings is 1. The first-order valence-electron chi connectivity index (χ1n) is 8.33. The highest BCUT2D eigenvalue weighted by atomic mass is 16.4. The van der Waals surface area contributed by atoms with E-state index in [-0.39, 0.29) is 23.3 Å². The molecule has 23 heavy (non-hydrogen) atoms. The Labute approximate surface area is 136 Å². The second kappa shape index (κ2) is 6.57. The molecule has 1 atom stereocenters. The van der Waals surface area contributed by atoms with Crippen LogP contribution in [0, 0.1) is 5.41 Å². The summed E-state index contributed by atoms with van der Waals surface area (Å²) in [5.74, 6) is -0.841. The van der Waals surface area contributed by atoms with Crippen molar-refractivity contribution in [3.8, 4) is 0 Å². The van der Waals surface area contributed by atoms with Gasteiger partial charge in [0.2, 0.25) is 5.91 Å².